The Morgan fingerprint density at radius 3 is 2.53 bits per heavy atom. The Labute approximate surface area is 114 Å². The molecular formula is C11H17ClF3N3O. The van der Waals surface area contributed by atoms with Crippen molar-refractivity contribution in [2.75, 3.05) is 20.3 Å². The van der Waals surface area contributed by atoms with Gasteiger partial charge in [0.1, 0.15) is 6.61 Å². The molecule has 1 heterocycles. The smallest absolute Gasteiger partial charge is 0.370 e. The molecule has 8 heteroatoms. The monoisotopic (exact) mass is 299 g/mol. The number of aromatic nitrogens is 2. The van der Waals surface area contributed by atoms with Crippen molar-refractivity contribution < 1.29 is 17.9 Å². The van der Waals surface area contributed by atoms with Crippen LogP contribution < -0.4 is 5.32 Å². The fourth-order valence-electron chi connectivity index (χ4n) is 1.70. The molecule has 0 bridgehead atoms. The molecule has 0 amide bonds. The third-order valence-electron chi connectivity index (χ3n) is 2.69. The molecule has 0 saturated heterocycles. The lowest BCUT2D eigenvalue weighted by Gasteiger charge is -2.17. The number of aryl methyl sites for hydroxylation is 2. The Morgan fingerprint density at radius 2 is 2.11 bits per heavy atom. The molecular weight excluding hydrogens is 283 g/mol. The lowest BCUT2D eigenvalue weighted by molar-refractivity contribution is -0.175. The number of hydrogen-bond acceptors (Lipinski definition) is 3. The molecule has 0 fully saturated rings. The zero-order valence-corrected chi connectivity index (χ0v) is 11.8. The molecule has 1 aromatic rings. The summed E-state index contributed by atoms with van der Waals surface area (Å²) in [4.78, 5) is 0. The van der Waals surface area contributed by atoms with Crippen molar-refractivity contribution in [3.63, 3.8) is 0 Å². The normalized spacial score (nSPS) is 13.8. The van der Waals surface area contributed by atoms with Crippen LogP contribution in [0.4, 0.5) is 13.2 Å². The maximum absolute atomic E-state index is 12.0. The number of likely N-dealkylation sites (N-methyl/N-ethyl adjacent to an activating group) is 1. The zero-order valence-electron chi connectivity index (χ0n) is 11.0. The second-order valence-corrected chi connectivity index (χ2v) is 4.67. The SMILES string of the molecule is CNC(COCC(F)(F)F)Cc1c(Cl)c(C)nn1C. The van der Waals surface area contributed by atoms with Gasteiger partial charge in [0.05, 0.1) is 23.0 Å². The van der Waals surface area contributed by atoms with E-state index in [9.17, 15) is 13.2 Å². The molecule has 1 rings (SSSR count). The van der Waals surface area contributed by atoms with Gasteiger partial charge in [-0.3, -0.25) is 4.68 Å². The fraction of sp³-hybridized carbons (Fsp3) is 0.727. The number of alkyl halides is 3. The van der Waals surface area contributed by atoms with E-state index in [2.05, 4.69) is 15.2 Å². The van der Waals surface area contributed by atoms with Crippen molar-refractivity contribution in [3.8, 4) is 0 Å². The molecule has 0 saturated carbocycles. The third kappa shape index (κ3) is 5.00. The standard InChI is InChI=1S/C11H17ClF3N3O/c1-7-10(12)9(18(3)17-7)4-8(16-2)5-19-6-11(13,14)15/h8,16H,4-6H2,1-3H3. The maximum atomic E-state index is 12.0. The average molecular weight is 300 g/mol. The van der Waals surface area contributed by atoms with E-state index in [1.165, 1.54) is 0 Å². The van der Waals surface area contributed by atoms with Crippen LogP contribution in [0.3, 0.4) is 0 Å². The molecule has 1 atom stereocenters. The van der Waals surface area contributed by atoms with E-state index < -0.39 is 12.8 Å². The molecule has 4 nitrogen and oxygen atoms in total. The Morgan fingerprint density at radius 1 is 1.47 bits per heavy atom. The van der Waals surface area contributed by atoms with Gasteiger partial charge in [0.25, 0.3) is 0 Å². The van der Waals surface area contributed by atoms with E-state index in [1.807, 2.05) is 0 Å². The van der Waals surface area contributed by atoms with E-state index in [0.717, 1.165) is 5.69 Å². The first kappa shape index (κ1) is 16.3. The highest BCUT2D eigenvalue weighted by Gasteiger charge is 2.28. The minimum atomic E-state index is -4.31. The van der Waals surface area contributed by atoms with Crippen molar-refractivity contribution in [1.29, 1.82) is 0 Å². The summed E-state index contributed by atoms with van der Waals surface area (Å²) in [6.07, 6.45) is -3.86. The van der Waals surface area contributed by atoms with E-state index in [4.69, 9.17) is 11.6 Å². The molecule has 0 radical (unpaired) electrons. The van der Waals surface area contributed by atoms with Gasteiger partial charge in [0.2, 0.25) is 0 Å². The molecule has 1 N–H and O–H groups in total. The van der Waals surface area contributed by atoms with Crippen molar-refractivity contribution in [2.45, 2.75) is 25.6 Å². The van der Waals surface area contributed by atoms with Gasteiger partial charge in [0, 0.05) is 19.5 Å². The first-order valence-corrected chi connectivity index (χ1v) is 6.12. The molecule has 0 spiro atoms. The van der Waals surface area contributed by atoms with Crippen molar-refractivity contribution in [3.05, 3.63) is 16.4 Å². The Hall–Kier alpha value is -0.790. The van der Waals surface area contributed by atoms with E-state index in [-0.39, 0.29) is 12.6 Å². The predicted octanol–water partition coefficient (Wildman–Crippen LogP) is 2.09. The lowest BCUT2D eigenvalue weighted by atomic mass is 10.1. The van der Waals surface area contributed by atoms with Crippen LogP contribution >= 0.6 is 11.6 Å². The van der Waals surface area contributed by atoms with Crippen molar-refractivity contribution in [1.82, 2.24) is 15.1 Å². The predicted molar refractivity (Wildman–Crippen MR) is 66.4 cm³/mol. The van der Waals surface area contributed by atoms with Gasteiger partial charge in [-0.1, -0.05) is 11.6 Å². The van der Waals surface area contributed by atoms with Gasteiger partial charge in [-0.25, -0.2) is 0 Å². The summed E-state index contributed by atoms with van der Waals surface area (Å²) in [6.45, 7) is 0.486. The average Bonchev–Trinajstić information content (AvgIpc) is 2.52. The third-order valence-corrected chi connectivity index (χ3v) is 3.19. The van der Waals surface area contributed by atoms with Crippen LogP contribution in [0.15, 0.2) is 0 Å². The number of nitrogens with one attached hydrogen (secondary N) is 1. The number of hydrogen-bond donors (Lipinski definition) is 1. The van der Waals surface area contributed by atoms with Crippen LogP contribution in [0.2, 0.25) is 5.02 Å². The topological polar surface area (TPSA) is 39.1 Å². The summed E-state index contributed by atoms with van der Waals surface area (Å²) in [5, 5.41) is 7.60. The Balaban J connectivity index is 2.57. The zero-order chi connectivity index (χ0) is 14.6. The second-order valence-electron chi connectivity index (χ2n) is 4.29. The minimum Gasteiger partial charge on any atom is -0.370 e. The molecule has 0 aliphatic rings. The van der Waals surface area contributed by atoms with Crippen LogP contribution in [0.25, 0.3) is 0 Å². The number of nitrogens with zero attached hydrogens (tertiary/aromatic N) is 2. The van der Waals surface area contributed by atoms with Crippen LogP contribution in [0.1, 0.15) is 11.4 Å². The number of rotatable bonds is 6. The summed E-state index contributed by atoms with van der Waals surface area (Å²) < 4.78 is 42.2. The van der Waals surface area contributed by atoms with Crippen LogP contribution in [-0.4, -0.2) is 42.3 Å². The van der Waals surface area contributed by atoms with Gasteiger partial charge in [-0.2, -0.15) is 18.3 Å². The number of halogens is 4. The molecule has 0 aliphatic heterocycles. The second kappa shape index (κ2) is 6.58. The molecule has 110 valence electrons. The summed E-state index contributed by atoms with van der Waals surface area (Å²) >= 11 is 6.09. The summed E-state index contributed by atoms with van der Waals surface area (Å²) in [5.41, 5.74) is 1.47. The van der Waals surface area contributed by atoms with Gasteiger partial charge in [-0.15, -0.1) is 0 Å². The van der Waals surface area contributed by atoms with E-state index in [0.29, 0.717) is 17.1 Å². The maximum Gasteiger partial charge on any atom is 0.411 e. The van der Waals surface area contributed by atoms with E-state index >= 15 is 0 Å². The summed E-state index contributed by atoms with van der Waals surface area (Å²) in [6, 6.07) is -0.255. The molecule has 1 aromatic heterocycles. The quantitative estimate of drug-likeness (QED) is 0.874. The van der Waals surface area contributed by atoms with Gasteiger partial charge >= 0.3 is 6.18 Å². The van der Waals surface area contributed by atoms with Gasteiger partial charge < -0.3 is 10.1 Å². The van der Waals surface area contributed by atoms with Crippen LogP contribution in [0, 0.1) is 6.92 Å². The van der Waals surface area contributed by atoms with E-state index in [1.54, 1.807) is 25.7 Å². The lowest BCUT2D eigenvalue weighted by Crippen LogP contribution is -2.34. The highest BCUT2D eigenvalue weighted by Crippen LogP contribution is 2.21. The Bertz CT molecular complexity index is 420. The minimum absolute atomic E-state index is 0.0451. The van der Waals surface area contributed by atoms with Gasteiger partial charge in [-0.05, 0) is 14.0 Å². The molecule has 0 aromatic carbocycles. The summed E-state index contributed by atoms with van der Waals surface area (Å²) in [7, 11) is 3.41. The van der Waals surface area contributed by atoms with Crippen molar-refractivity contribution in [2.24, 2.45) is 7.05 Å². The van der Waals surface area contributed by atoms with Gasteiger partial charge in [0.15, 0.2) is 0 Å². The van der Waals surface area contributed by atoms with Crippen LogP contribution in [-0.2, 0) is 18.2 Å². The number of ether oxygens (including phenoxy) is 1. The highest BCUT2D eigenvalue weighted by molar-refractivity contribution is 6.31. The Kier molecular flexibility index (Phi) is 5.64. The largest absolute Gasteiger partial charge is 0.411 e. The highest BCUT2D eigenvalue weighted by atomic mass is 35.5. The van der Waals surface area contributed by atoms with Crippen molar-refractivity contribution >= 4 is 11.6 Å². The summed E-state index contributed by atoms with van der Waals surface area (Å²) in [5.74, 6) is 0. The van der Waals surface area contributed by atoms with Crippen LogP contribution in [0.5, 0.6) is 0 Å². The molecule has 19 heavy (non-hydrogen) atoms. The first-order chi connectivity index (χ1) is 8.74. The first-order valence-electron chi connectivity index (χ1n) is 5.74. The molecule has 1 unspecified atom stereocenters. The fourth-order valence-corrected chi connectivity index (χ4v) is 1.93. The molecule has 0 aliphatic carbocycles.